The summed E-state index contributed by atoms with van der Waals surface area (Å²) in [5.74, 6) is 0.818. The van der Waals surface area contributed by atoms with Gasteiger partial charge >= 0.3 is 6.36 Å². The van der Waals surface area contributed by atoms with Gasteiger partial charge in [-0.2, -0.15) is 0 Å². The number of rotatable bonds is 7. The summed E-state index contributed by atoms with van der Waals surface area (Å²) in [4.78, 5) is 10.8. The van der Waals surface area contributed by atoms with Crippen molar-refractivity contribution in [2.24, 2.45) is 0 Å². The highest BCUT2D eigenvalue weighted by Gasteiger charge is 2.30. The number of anilines is 3. The van der Waals surface area contributed by atoms with E-state index in [1.807, 2.05) is 0 Å². The topological polar surface area (TPSA) is 71.5 Å². The van der Waals surface area contributed by atoms with Gasteiger partial charge in [-0.05, 0) is 24.3 Å². The molecular weight excluding hydrogens is 363 g/mol. The first kappa shape index (κ1) is 19.2. The largest absolute Gasteiger partial charge is 0.573 e. The first-order valence-corrected chi connectivity index (χ1v) is 8.47. The van der Waals surface area contributed by atoms with E-state index in [0.717, 1.165) is 39.4 Å². The minimum atomic E-state index is -4.71. The number of nitrogens with zero attached hydrogens (tertiary/aromatic N) is 3. The fourth-order valence-electron chi connectivity index (χ4n) is 2.57. The van der Waals surface area contributed by atoms with E-state index >= 15 is 0 Å². The summed E-state index contributed by atoms with van der Waals surface area (Å²) in [6, 6.07) is 5.41. The average molecular weight is 383 g/mol. The second-order valence-corrected chi connectivity index (χ2v) is 5.87. The van der Waals surface area contributed by atoms with Gasteiger partial charge in [0.25, 0.3) is 0 Å². The molecular formula is C17H20F3N5O2. The first-order valence-electron chi connectivity index (χ1n) is 8.47. The quantitative estimate of drug-likeness (QED) is 0.762. The molecule has 7 nitrogen and oxygen atoms in total. The molecule has 0 bridgehead atoms. The Bertz CT molecular complexity index is 721. The number of alkyl halides is 3. The molecule has 146 valence electrons. The SMILES string of the molecule is FC(F)(F)Oc1ccc(Nc2cncc(NCCN3CCOCC3)n2)cc1. The van der Waals surface area contributed by atoms with Gasteiger partial charge in [0.15, 0.2) is 5.82 Å². The molecule has 2 aromatic rings. The standard InChI is InChI=1S/C17H20F3N5O2/c18-17(19,20)27-14-3-1-13(2-4-14)23-16-12-21-11-15(24-16)22-5-6-25-7-9-26-10-8-25/h1-4,11-12H,5-10H2,(H2,22,23,24). The molecule has 1 aromatic carbocycles. The van der Waals surface area contributed by atoms with E-state index in [9.17, 15) is 13.2 Å². The lowest BCUT2D eigenvalue weighted by Crippen LogP contribution is -2.39. The average Bonchev–Trinajstić information content (AvgIpc) is 2.63. The van der Waals surface area contributed by atoms with E-state index in [-0.39, 0.29) is 5.75 Å². The highest BCUT2D eigenvalue weighted by Crippen LogP contribution is 2.25. The van der Waals surface area contributed by atoms with E-state index in [4.69, 9.17) is 4.74 Å². The lowest BCUT2D eigenvalue weighted by molar-refractivity contribution is -0.274. The summed E-state index contributed by atoms with van der Waals surface area (Å²) in [6.07, 6.45) is -1.56. The van der Waals surface area contributed by atoms with Crippen molar-refractivity contribution in [2.75, 3.05) is 50.0 Å². The molecule has 2 heterocycles. The van der Waals surface area contributed by atoms with Crippen LogP contribution in [0, 0.1) is 0 Å². The number of hydrogen-bond donors (Lipinski definition) is 2. The van der Waals surface area contributed by atoms with E-state index < -0.39 is 6.36 Å². The second-order valence-electron chi connectivity index (χ2n) is 5.87. The van der Waals surface area contributed by atoms with E-state index in [2.05, 4.69) is 30.2 Å². The minimum absolute atomic E-state index is 0.280. The maximum atomic E-state index is 12.2. The molecule has 2 N–H and O–H groups in total. The highest BCUT2D eigenvalue weighted by atomic mass is 19.4. The van der Waals surface area contributed by atoms with Crippen LogP contribution in [0.15, 0.2) is 36.7 Å². The third-order valence-electron chi connectivity index (χ3n) is 3.83. The van der Waals surface area contributed by atoms with E-state index in [1.165, 1.54) is 30.5 Å². The number of nitrogens with one attached hydrogen (secondary N) is 2. The fourth-order valence-corrected chi connectivity index (χ4v) is 2.57. The van der Waals surface area contributed by atoms with E-state index in [1.54, 1.807) is 6.20 Å². The Labute approximate surface area is 154 Å². The van der Waals surface area contributed by atoms with Gasteiger partial charge < -0.3 is 20.1 Å². The molecule has 0 saturated carbocycles. The molecule has 0 atom stereocenters. The van der Waals surface area contributed by atoms with Crippen LogP contribution in [-0.2, 0) is 4.74 Å². The lowest BCUT2D eigenvalue weighted by Gasteiger charge is -2.26. The third-order valence-corrected chi connectivity index (χ3v) is 3.83. The second kappa shape index (κ2) is 8.87. The summed E-state index contributed by atoms with van der Waals surface area (Å²) in [5, 5.41) is 6.21. The van der Waals surface area contributed by atoms with Crippen LogP contribution in [0.4, 0.5) is 30.5 Å². The molecule has 0 radical (unpaired) electrons. The fraction of sp³-hybridized carbons (Fsp3) is 0.412. The van der Waals surface area contributed by atoms with Gasteiger partial charge in [-0.1, -0.05) is 0 Å². The van der Waals surface area contributed by atoms with Crippen molar-refractivity contribution in [3.8, 4) is 5.75 Å². The Morgan fingerprint density at radius 2 is 1.78 bits per heavy atom. The zero-order chi connectivity index (χ0) is 19.1. The Hall–Kier alpha value is -2.59. The molecule has 0 spiro atoms. The Morgan fingerprint density at radius 1 is 1.07 bits per heavy atom. The van der Waals surface area contributed by atoms with Crippen molar-refractivity contribution >= 4 is 17.3 Å². The Morgan fingerprint density at radius 3 is 2.48 bits per heavy atom. The molecule has 10 heteroatoms. The van der Waals surface area contributed by atoms with Gasteiger partial charge in [0.2, 0.25) is 0 Å². The van der Waals surface area contributed by atoms with Crippen molar-refractivity contribution in [2.45, 2.75) is 6.36 Å². The number of halogens is 3. The molecule has 1 fully saturated rings. The minimum Gasteiger partial charge on any atom is -0.406 e. The van der Waals surface area contributed by atoms with Gasteiger partial charge in [-0.3, -0.25) is 9.88 Å². The zero-order valence-electron chi connectivity index (χ0n) is 14.5. The van der Waals surface area contributed by atoms with Gasteiger partial charge in [0, 0.05) is 31.9 Å². The van der Waals surface area contributed by atoms with Gasteiger partial charge in [0.05, 0.1) is 25.6 Å². The Balaban J connectivity index is 1.51. The summed E-state index contributed by atoms with van der Waals surface area (Å²) in [7, 11) is 0. The summed E-state index contributed by atoms with van der Waals surface area (Å²) >= 11 is 0. The molecule has 0 amide bonds. The predicted octanol–water partition coefficient (Wildman–Crippen LogP) is 2.86. The maximum absolute atomic E-state index is 12.2. The smallest absolute Gasteiger partial charge is 0.406 e. The number of morpholine rings is 1. The zero-order valence-corrected chi connectivity index (χ0v) is 14.5. The molecule has 27 heavy (non-hydrogen) atoms. The number of aromatic nitrogens is 2. The van der Waals surface area contributed by atoms with Gasteiger partial charge in [-0.25, -0.2) is 4.98 Å². The number of benzene rings is 1. The van der Waals surface area contributed by atoms with Crippen molar-refractivity contribution in [1.29, 1.82) is 0 Å². The lowest BCUT2D eigenvalue weighted by atomic mass is 10.3. The number of hydrogen-bond acceptors (Lipinski definition) is 7. The monoisotopic (exact) mass is 383 g/mol. The van der Waals surface area contributed by atoms with Crippen LogP contribution in [-0.4, -0.2) is 60.6 Å². The summed E-state index contributed by atoms with van der Waals surface area (Å²) in [6.45, 7) is 4.95. The molecule has 1 aliphatic rings. The molecule has 0 aliphatic carbocycles. The summed E-state index contributed by atoms with van der Waals surface area (Å²) in [5.41, 5.74) is 0.573. The van der Waals surface area contributed by atoms with Crippen LogP contribution in [0.3, 0.4) is 0 Å². The molecule has 3 rings (SSSR count). The summed E-state index contributed by atoms with van der Waals surface area (Å²) < 4.78 is 45.7. The normalized spacial score (nSPS) is 15.4. The molecule has 0 unspecified atom stereocenters. The predicted molar refractivity (Wildman–Crippen MR) is 94.2 cm³/mol. The van der Waals surface area contributed by atoms with E-state index in [0.29, 0.717) is 17.3 Å². The van der Waals surface area contributed by atoms with Crippen LogP contribution < -0.4 is 15.4 Å². The van der Waals surface area contributed by atoms with Crippen LogP contribution in [0.2, 0.25) is 0 Å². The van der Waals surface area contributed by atoms with Gasteiger partial charge in [-0.15, -0.1) is 13.2 Å². The maximum Gasteiger partial charge on any atom is 0.573 e. The van der Waals surface area contributed by atoms with Crippen molar-refractivity contribution in [1.82, 2.24) is 14.9 Å². The van der Waals surface area contributed by atoms with Crippen molar-refractivity contribution in [3.05, 3.63) is 36.7 Å². The molecule has 1 saturated heterocycles. The number of ether oxygens (including phenoxy) is 2. The third kappa shape index (κ3) is 6.57. The molecule has 1 aromatic heterocycles. The van der Waals surface area contributed by atoms with Crippen LogP contribution in [0.1, 0.15) is 0 Å². The van der Waals surface area contributed by atoms with Crippen LogP contribution in [0.25, 0.3) is 0 Å². The first-order chi connectivity index (χ1) is 13.0. The Kier molecular flexibility index (Phi) is 6.30. The van der Waals surface area contributed by atoms with Gasteiger partial charge in [0.1, 0.15) is 11.6 Å². The van der Waals surface area contributed by atoms with Crippen LogP contribution in [0.5, 0.6) is 5.75 Å². The van der Waals surface area contributed by atoms with Crippen molar-refractivity contribution in [3.63, 3.8) is 0 Å². The molecule has 1 aliphatic heterocycles. The van der Waals surface area contributed by atoms with Crippen LogP contribution >= 0.6 is 0 Å². The van der Waals surface area contributed by atoms with Crippen molar-refractivity contribution < 1.29 is 22.6 Å². The highest BCUT2D eigenvalue weighted by molar-refractivity contribution is 5.57.